The van der Waals surface area contributed by atoms with Crippen molar-refractivity contribution in [3.63, 3.8) is 0 Å². The Hall–Kier alpha value is -4.86. The van der Waals surface area contributed by atoms with E-state index < -0.39 is 0 Å². The van der Waals surface area contributed by atoms with Crippen LogP contribution < -0.4 is 4.90 Å². The van der Waals surface area contributed by atoms with Crippen molar-refractivity contribution in [2.45, 2.75) is 0 Å². The van der Waals surface area contributed by atoms with Gasteiger partial charge in [0, 0.05) is 43.2 Å². The van der Waals surface area contributed by atoms with E-state index in [1.807, 2.05) is 11.3 Å². The normalized spacial score (nSPS) is 11.6. The van der Waals surface area contributed by atoms with Gasteiger partial charge < -0.3 is 9.32 Å². The summed E-state index contributed by atoms with van der Waals surface area (Å²) in [5, 5.41) is 4.74. The Morgan fingerprint density at radius 3 is 1.77 bits per heavy atom. The number of rotatable bonds is 4. The number of para-hydroxylation sites is 3. The van der Waals surface area contributed by atoms with E-state index in [-0.39, 0.29) is 0 Å². The van der Waals surface area contributed by atoms with Gasteiger partial charge in [-0.2, -0.15) is 0 Å². The zero-order chi connectivity index (χ0) is 25.8. The third-order valence-corrected chi connectivity index (χ3v) is 8.61. The maximum Gasteiger partial charge on any atom is 0.154 e. The summed E-state index contributed by atoms with van der Waals surface area (Å²) < 4.78 is 9.12. The average molecular weight is 518 g/mol. The molecule has 184 valence electrons. The molecular weight excluding hydrogens is 494 g/mol. The molecule has 0 spiro atoms. The Bertz CT molecular complexity index is 2070. The second-order valence-electron chi connectivity index (χ2n) is 9.70. The monoisotopic (exact) mass is 517 g/mol. The van der Waals surface area contributed by atoms with Crippen LogP contribution in [0.1, 0.15) is 0 Å². The minimum atomic E-state index is 0.909. The van der Waals surface area contributed by atoms with Crippen molar-refractivity contribution in [2.24, 2.45) is 0 Å². The van der Waals surface area contributed by atoms with Gasteiger partial charge in [-0.3, -0.25) is 0 Å². The zero-order valence-electron chi connectivity index (χ0n) is 21.0. The summed E-state index contributed by atoms with van der Waals surface area (Å²) in [6.45, 7) is 0. The first-order valence-electron chi connectivity index (χ1n) is 13.1. The van der Waals surface area contributed by atoms with Gasteiger partial charge in [0.1, 0.15) is 5.58 Å². The summed E-state index contributed by atoms with van der Waals surface area (Å²) in [6.07, 6.45) is 0. The molecule has 0 atom stereocenters. The lowest BCUT2D eigenvalue weighted by atomic mass is 9.93. The molecule has 2 nitrogen and oxygen atoms in total. The van der Waals surface area contributed by atoms with Crippen molar-refractivity contribution < 1.29 is 4.42 Å². The average Bonchev–Trinajstić information content (AvgIpc) is 3.58. The van der Waals surface area contributed by atoms with Gasteiger partial charge >= 0.3 is 0 Å². The van der Waals surface area contributed by atoms with Crippen molar-refractivity contribution in [1.82, 2.24) is 0 Å². The van der Waals surface area contributed by atoms with Crippen LogP contribution in [-0.2, 0) is 0 Å². The Kier molecular flexibility index (Phi) is 5.04. The van der Waals surface area contributed by atoms with Crippen LogP contribution in [0.5, 0.6) is 0 Å². The molecule has 0 fully saturated rings. The molecule has 0 radical (unpaired) electrons. The van der Waals surface area contributed by atoms with Crippen LogP contribution in [0.25, 0.3) is 53.2 Å². The molecule has 0 bridgehead atoms. The number of anilines is 3. The number of benzene rings is 6. The first kappa shape index (κ1) is 22.2. The lowest BCUT2D eigenvalue weighted by Gasteiger charge is -2.29. The highest BCUT2D eigenvalue weighted by Gasteiger charge is 2.28. The molecule has 0 aliphatic carbocycles. The Labute approximate surface area is 230 Å². The van der Waals surface area contributed by atoms with Gasteiger partial charge in [-0.1, -0.05) is 103 Å². The SMILES string of the molecule is c1ccc(-c2c(N(c3ccccc3)c3ccccc3)c3c4ccccc4sc3c3oc4ccccc4c23)cc1. The predicted molar refractivity (Wildman–Crippen MR) is 167 cm³/mol. The Morgan fingerprint density at radius 1 is 0.513 bits per heavy atom. The van der Waals surface area contributed by atoms with E-state index >= 15 is 0 Å². The van der Waals surface area contributed by atoms with Gasteiger partial charge in [0.15, 0.2) is 5.58 Å². The Morgan fingerprint density at radius 2 is 1.08 bits per heavy atom. The quantitative estimate of drug-likeness (QED) is 0.231. The van der Waals surface area contributed by atoms with E-state index in [0.717, 1.165) is 38.9 Å². The van der Waals surface area contributed by atoms with E-state index in [9.17, 15) is 0 Å². The van der Waals surface area contributed by atoms with Crippen molar-refractivity contribution in [2.75, 3.05) is 4.90 Å². The number of fused-ring (bicyclic) bond motifs is 7. The van der Waals surface area contributed by atoms with Gasteiger partial charge in [-0.05, 0) is 42.0 Å². The predicted octanol–water partition coefficient (Wildman–Crippen LogP) is 11.1. The van der Waals surface area contributed by atoms with Crippen LogP contribution in [0.3, 0.4) is 0 Å². The summed E-state index contributed by atoms with van der Waals surface area (Å²) in [5.41, 5.74) is 7.61. The van der Waals surface area contributed by atoms with Crippen molar-refractivity contribution in [3.8, 4) is 11.1 Å². The highest BCUT2D eigenvalue weighted by molar-refractivity contribution is 7.26. The van der Waals surface area contributed by atoms with Crippen molar-refractivity contribution >= 4 is 70.5 Å². The minimum absolute atomic E-state index is 0.909. The summed E-state index contributed by atoms with van der Waals surface area (Å²) in [5.74, 6) is 0. The van der Waals surface area contributed by atoms with Crippen LogP contribution in [0.2, 0.25) is 0 Å². The fourth-order valence-electron chi connectivity index (χ4n) is 5.81. The van der Waals surface area contributed by atoms with E-state index in [1.54, 1.807) is 0 Å². The van der Waals surface area contributed by atoms with Gasteiger partial charge in [0.2, 0.25) is 0 Å². The summed E-state index contributed by atoms with van der Waals surface area (Å²) in [7, 11) is 0. The molecule has 2 aromatic heterocycles. The number of furan rings is 1. The van der Waals surface area contributed by atoms with Gasteiger partial charge in [-0.25, -0.2) is 0 Å². The number of thiophene rings is 1. The standard InChI is InChI=1S/C36H23NOS/c1-4-14-24(15-5-1)31-32-27-20-10-12-22-29(27)38-35(32)36-33(28-21-11-13-23-30(28)39-36)34(31)37(25-16-6-2-7-17-25)26-18-8-3-9-19-26/h1-23H. The van der Waals surface area contributed by atoms with Gasteiger partial charge in [0.25, 0.3) is 0 Å². The maximum absolute atomic E-state index is 6.70. The van der Waals surface area contributed by atoms with Crippen molar-refractivity contribution in [3.05, 3.63) is 140 Å². The van der Waals surface area contributed by atoms with Crippen molar-refractivity contribution in [1.29, 1.82) is 0 Å². The smallest absolute Gasteiger partial charge is 0.154 e. The van der Waals surface area contributed by atoms with Crippen LogP contribution >= 0.6 is 11.3 Å². The lowest BCUT2D eigenvalue weighted by Crippen LogP contribution is -2.11. The van der Waals surface area contributed by atoms with E-state index in [2.05, 4.69) is 144 Å². The third-order valence-electron chi connectivity index (χ3n) is 7.44. The fraction of sp³-hybridized carbons (Fsp3) is 0. The summed E-state index contributed by atoms with van der Waals surface area (Å²) in [6, 6.07) is 49.3. The van der Waals surface area contributed by atoms with Crippen LogP contribution in [0.4, 0.5) is 17.1 Å². The first-order valence-corrected chi connectivity index (χ1v) is 13.9. The maximum atomic E-state index is 6.70. The highest BCUT2D eigenvalue weighted by atomic mass is 32.1. The molecular formula is C36H23NOS. The highest BCUT2D eigenvalue weighted by Crippen LogP contribution is 2.55. The molecule has 8 aromatic rings. The molecule has 39 heavy (non-hydrogen) atoms. The van der Waals surface area contributed by atoms with Crippen LogP contribution in [0.15, 0.2) is 144 Å². The summed E-state index contributed by atoms with van der Waals surface area (Å²) >= 11 is 1.81. The number of hydrogen-bond acceptors (Lipinski definition) is 3. The zero-order valence-corrected chi connectivity index (χ0v) is 21.9. The fourth-order valence-corrected chi connectivity index (χ4v) is 7.00. The number of hydrogen-bond donors (Lipinski definition) is 0. The largest absolute Gasteiger partial charge is 0.455 e. The third kappa shape index (κ3) is 3.41. The molecule has 0 unspecified atom stereocenters. The van der Waals surface area contributed by atoms with Gasteiger partial charge in [0.05, 0.1) is 10.4 Å². The molecule has 0 amide bonds. The van der Waals surface area contributed by atoms with Crippen LogP contribution in [0, 0.1) is 0 Å². The molecule has 2 heterocycles. The second-order valence-corrected chi connectivity index (χ2v) is 10.8. The molecule has 3 heteroatoms. The second kappa shape index (κ2) is 8.87. The Balaban J connectivity index is 1.68. The minimum Gasteiger partial charge on any atom is -0.455 e. The van der Waals surface area contributed by atoms with E-state index in [4.69, 9.17) is 4.42 Å². The number of nitrogens with zero attached hydrogens (tertiary/aromatic N) is 1. The molecule has 6 aromatic carbocycles. The molecule has 0 aliphatic rings. The summed E-state index contributed by atoms with van der Waals surface area (Å²) in [4.78, 5) is 2.42. The van der Waals surface area contributed by atoms with E-state index in [0.29, 0.717) is 0 Å². The lowest BCUT2D eigenvalue weighted by molar-refractivity contribution is 0.673. The molecule has 0 N–H and O–H groups in total. The first-order chi connectivity index (χ1) is 19.4. The molecule has 0 saturated heterocycles. The topological polar surface area (TPSA) is 16.4 Å². The van der Waals surface area contributed by atoms with Gasteiger partial charge in [-0.15, -0.1) is 11.3 Å². The van der Waals surface area contributed by atoms with Crippen LogP contribution in [-0.4, -0.2) is 0 Å². The van der Waals surface area contributed by atoms with E-state index in [1.165, 1.54) is 31.4 Å². The molecule has 0 aliphatic heterocycles. The molecule has 0 saturated carbocycles. The molecule has 8 rings (SSSR count).